The highest BCUT2D eigenvalue weighted by Crippen LogP contribution is 2.58. The first kappa shape index (κ1) is 34.1. The van der Waals surface area contributed by atoms with Gasteiger partial charge in [0.2, 0.25) is 0 Å². The van der Waals surface area contributed by atoms with E-state index < -0.39 is 0 Å². The minimum Gasteiger partial charge on any atom is -0.0616 e. The first-order valence-electron chi connectivity index (χ1n) is 21.6. The molecule has 1 aliphatic rings. The molecule has 0 unspecified atom stereocenters. The molecular weight excluding hydrogens is 721 g/mol. The highest BCUT2D eigenvalue weighted by atomic mass is 14.3. The maximum absolute atomic E-state index is 2.56. The van der Waals surface area contributed by atoms with E-state index in [0.29, 0.717) is 0 Å². The van der Waals surface area contributed by atoms with E-state index in [9.17, 15) is 0 Å². The predicted octanol–water partition coefficient (Wildman–Crippen LogP) is 17.4. The number of benzene rings is 10. The van der Waals surface area contributed by atoms with Gasteiger partial charge < -0.3 is 0 Å². The van der Waals surface area contributed by atoms with Gasteiger partial charge in [-0.2, -0.15) is 0 Å². The number of hydrogen-bond acceptors (Lipinski definition) is 0. The average Bonchev–Trinajstić information content (AvgIpc) is 3.86. The normalized spacial score (nSPS) is 13.2. The van der Waals surface area contributed by atoms with Gasteiger partial charge in [0.15, 0.2) is 0 Å². The highest BCUT2D eigenvalue weighted by molar-refractivity contribution is 6.44. The van der Waals surface area contributed by atoms with Crippen molar-refractivity contribution in [2.24, 2.45) is 0 Å². The molecule has 0 radical (unpaired) electrons. The fraction of sp³-hybridized carbons (Fsp3) is 0.133. The van der Waals surface area contributed by atoms with E-state index >= 15 is 0 Å². The molecule has 0 amide bonds. The van der Waals surface area contributed by atoms with Gasteiger partial charge in [0, 0.05) is 0 Å². The molecule has 0 saturated carbocycles. The van der Waals surface area contributed by atoms with Crippen LogP contribution in [0, 0.1) is 0 Å². The van der Waals surface area contributed by atoms with Crippen LogP contribution in [0.1, 0.15) is 52.7 Å². The highest BCUT2D eigenvalue weighted by Gasteiger charge is 2.30. The van der Waals surface area contributed by atoms with E-state index in [0.717, 1.165) is 0 Å². The van der Waals surface area contributed by atoms with E-state index in [1.54, 1.807) is 0 Å². The second kappa shape index (κ2) is 11.5. The summed E-state index contributed by atoms with van der Waals surface area (Å²) < 4.78 is 0. The van der Waals surface area contributed by atoms with Crippen LogP contribution in [0.25, 0.3) is 131 Å². The molecule has 0 aromatic heterocycles. The summed E-state index contributed by atoms with van der Waals surface area (Å²) >= 11 is 0. The molecule has 0 saturated heterocycles. The number of rotatable bonds is 2. The molecule has 284 valence electrons. The van der Waals surface area contributed by atoms with E-state index in [2.05, 4.69) is 199 Å². The van der Waals surface area contributed by atoms with Crippen molar-refractivity contribution in [3.8, 4) is 44.5 Å². The summed E-state index contributed by atoms with van der Waals surface area (Å²) in [4.78, 5) is 0. The quantitative estimate of drug-likeness (QED) is 0.164. The van der Waals surface area contributed by atoms with Crippen molar-refractivity contribution in [2.45, 2.75) is 52.4 Å². The molecule has 0 heteroatoms. The Morgan fingerprint density at radius 1 is 0.267 bits per heavy atom. The molecule has 13 rings (SSSR count). The van der Waals surface area contributed by atoms with Crippen LogP contribution in [0.15, 0.2) is 158 Å². The van der Waals surface area contributed by atoms with Crippen LogP contribution in [-0.4, -0.2) is 0 Å². The van der Waals surface area contributed by atoms with Gasteiger partial charge in [-0.15, -0.1) is 0 Å². The Hall–Kier alpha value is -6.76. The molecule has 0 aliphatic heterocycles. The lowest BCUT2D eigenvalue weighted by atomic mass is 9.81. The molecule has 0 N–H and O–H groups in total. The third-order valence-corrected chi connectivity index (χ3v) is 14.1. The number of fused-ring (bicyclic) bond motifs is 11. The van der Waals surface area contributed by atoms with Crippen molar-refractivity contribution < 1.29 is 0 Å². The van der Waals surface area contributed by atoms with Gasteiger partial charge in [0.1, 0.15) is 0 Å². The third kappa shape index (κ3) is 4.46. The third-order valence-electron chi connectivity index (χ3n) is 14.1. The topological polar surface area (TPSA) is 0 Å². The van der Waals surface area contributed by atoms with Gasteiger partial charge in [0.05, 0.1) is 0 Å². The van der Waals surface area contributed by atoms with Crippen molar-refractivity contribution in [1.82, 2.24) is 0 Å². The molecule has 0 atom stereocenters. The summed E-state index contributed by atoms with van der Waals surface area (Å²) in [7, 11) is 0. The zero-order valence-corrected chi connectivity index (χ0v) is 35.0. The second-order valence-electron chi connectivity index (χ2n) is 19.6. The Balaban J connectivity index is 1.29. The van der Waals surface area contributed by atoms with E-state index in [4.69, 9.17) is 0 Å². The van der Waals surface area contributed by atoms with Crippen molar-refractivity contribution >= 4 is 86.2 Å². The minimum absolute atomic E-state index is 0.00169. The van der Waals surface area contributed by atoms with Crippen LogP contribution in [0.5, 0.6) is 0 Å². The van der Waals surface area contributed by atoms with Crippen molar-refractivity contribution in [1.29, 1.82) is 0 Å². The molecular formula is C60H44. The Morgan fingerprint density at radius 2 is 0.717 bits per heavy atom. The summed E-state index contributed by atoms with van der Waals surface area (Å²) in [6.45, 7) is 14.0. The maximum Gasteiger partial charge on any atom is -0.000740 e. The zero-order valence-electron chi connectivity index (χ0n) is 35.0. The SMILES string of the molecule is CC(C)(C)c1cccc(-c2c3cc4c(cc3c(-c3cccc(C(C)(C)C)c3)c3c5ccc6c7c(ccc(c23)c75)-c2cc3ccccc3cc2-6)c2cccc3cccc4c32)c1. The Labute approximate surface area is 350 Å². The van der Waals surface area contributed by atoms with Crippen molar-refractivity contribution in [3.05, 3.63) is 169 Å². The van der Waals surface area contributed by atoms with Crippen LogP contribution in [0.2, 0.25) is 0 Å². The molecule has 0 heterocycles. The molecule has 0 bridgehead atoms. The Bertz CT molecular complexity index is 3580. The lowest BCUT2D eigenvalue weighted by Crippen LogP contribution is -2.11. The fourth-order valence-electron chi connectivity index (χ4n) is 11.2. The van der Waals surface area contributed by atoms with Crippen molar-refractivity contribution in [3.63, 3.8) is 0 Å². The summed E-state index contributed by atoms with van der Waals surface area (Å²) in [5.74, 6) is 0. The Morgan fingerprint density at radius 3 is 1.18 bits per heavy atom. The monoisotopic (exact) mass is 764 g/mol. The maximum atomic E-state index is 2.56. The molecule has 1 aliphatic carbocycles. The molecule has 12 aromatic rings. The van der Waals surface area contributed by atoms with Gasteiger partial charge in [0.25, 0.3) is 0 Å². The van der Waals surface area contributed by atoms with Gasteiger partial charge >= 0.3 is 0 Å². The van der Waals surface area contributed by atoms with Gasteiger partial charge in [-0.25, -0.2) is 0 Å². The number of hydrogen-bond donors (Lipinski definition) is 0. The zero-order chi connectivity index (χ0) is 40.4. The minimum atomic E-state index is 0.00169. The fourth-order valence-corrected chi connectivity index (χ4v) is 11.2. The second-order valence-corrected chi connectivity index (χ2v) is 19.6. The summed E-state index contributed by atoms with van der Waals surface area (Å²) in [6.07, 6.45) is 0. The summed E-state index contributed by atoms with van der Waals surface area (Å²) in [6, 6.07) is 61.1. The van der Waals surface area contributed by atoms with Crippen LogP contribution < -0.4 is 0 Å². The lowest BCUT2D eigenvalue weighted by Gasteiger charge is -2.23. The molecule has 60 heavy (non-hydrogen) atoms. The Kier molecular flexibility index (Phi) is 6.54. The van der Waals surface area contributed by atoms with Gasteiger partial charge in [-0.1, -0.05) is 175 Å². The van der Waals surface area contributed by atoms with Crippen LogP contribution in [-0.2, 0) is 10.8 Å². The van der Waals surface area contributed by atoms with Crippen LogP contribution >= 0.6 is 0 Å². The standard InChI is InChI=1S/C60H44/c1-59(2,3)38-19-9-17-36(27-38)53-50-31-48-40-21-11-15-33-16-12-22-41(52(33)40)49(48)32-51(50)54(37-18-10-20-39(28-37)60(4,5)6)58-45-26-24-43-47-30-35-14-8-7-13-34(35)29-46(47)42-23-25-44(57(53)58)56(45)55(42)43/h7-32H,1-6H3. The molecule has 0 fully saturated rings. The lowest BCUT2D eigenvalue weighted by molar-refractivity contribution is 0.590. The molecule has 12 aromatic carbocycles. The van der Waals surface area contributed by atoms with Crippen LogP contribution in [0.3, 0.4) is 0 Å². The first-order valence-corrected chi connectivity index (χ1v) is 21.6. The van der Waals surface area contributed by atoms with E-state index in [1.807, 2.05) is 0 Å². The van der Waals surface area contributed by atoms with Gasteiger partial charge in [-0.05, 0) is 177 Å². The smallest absolute Gasteiger partial charge is 0.000740 e. The molecule has 0 spiro atoms. The van der Waals surface area contributed by atoms with Crippen molar-refractivity contribution in [2.75, 3.05) is 0 Å². The van der Waals surface area contributed by atoms with Gasteiger partial charge in [-0.3, -0.25) is 0 Å². The predicted molar refractivity (Wildman–Crippen MR) is 262 cm³/mol. The largest absolute Gasteiger partial charge is 0.0616 e. The van der Waals surface area contributed by atoms with E-state index in [1.165, 1.54) is 142 Å². The van der Waals surface area contributed by atoms with Crippen LogP contribution in [0.4, 0.5) is 0 Å². The first-order chi connectivity index (χ1) is 29.0. The summed E-state index contributed by atoms with van der Waals surface area (Å²) in [5.41, 5.74) is 13.3. The summed E-state index contributed by atoms with van der Waals surface area (Å²) in [5, 5.41) is 21.4. The average molecular weight is 765 g/mol. The molecule has 0 nitrogen and oxygen atoms in total. The van der Waals surface area contributed by atoms with E-state index in [-0.39, 0.29) is 10.8 Å².